The largest absolute Gasteiger partial charge is 0.481 e. The zero-order valence-corrected chi connectivity index (χ0v) is 25.1. The van der Waals surface area contributed by atoms with Gasteiger partial charge in [-0.15, -0.1) is 11.3 Å². The number of aliphatic carboxylic acids is 1. The molecule has 1 atom stereocenters. The Hall–Kier alpha value is -3.98. The normalized spacial score (nSPS) is 17.2. The fraction of sp³-hybridized carbons (Fsp3) is 0.333. The third kappa shape index (κ3) is 5.90. The third-order valence-corrected chi connectivity index (χ3v) is 9.26. The molecule has 6 heterocycles. The zero-order valence-electron chi connectivity index (χ0n) is 23.6. The summed E-state index contributed by atoms with van der Waals surface area (Å²) in [5, 5.41) is 9.88. The van der Waals surface area contributed by atoms with Crippen molar-refractivity contribution < 1.29 is 37.0 Å². The van der Waals surface area contributed by atoms with E-state index in [0.717, 1.165) is 29.5 Å². The predicted octanol–water partition coefficient (Wildman–Crippen LogP) is 5.99. The van der Waals surface area contributed by atoms with E-state index in [4.69, 9.17) is 30.6 Å². The number of thiophene rings is 1. The first-order chi connectivity index (χ1) is 21.7. The lowest BCUT2D eigenvalue weighted by Crippen LogP contribution is -2.34. The van der Waals surface area contributed by atoms with Gasteiger partial charge < -0.3 is 23.6 Å². The minimum Gasteiger partial charge on any atom is -0.481 e. The Bertz CT molecular complexity index is 1970. The van der Waals surface area contributed by atoms with E-state index >= 15 is 4.39 Å². The molecule has 10 nitrogen and oxygen atoms in total. The first kappa shape index (κ1) is 29.7. The summed E-state index contributed by atoms with van der Waals surface area (Å²) < 4.78 is 61.8. The molecule has 1 fully saturated rings. The molecule has 0 aliphatic carbocycles. The van der Waals surface area contributed by atoms with Crippen LogP contribution in [-0.2, 0) is 35.6 Å². The standard InChI is InChI=1S/C30H25ClF3N5O5S/c31-19-2-1-16(27-18(19)9-22(33)44-27)14-43-29-20(32)11-35-28(37-29)15-3-6-38(7-4-15)13-23-36-30-26(39(23)12-17-5-8-42-17)25(34)21(45-30)10-24(40)41/h1-3,9,11,17H,4-8,10,12-14H2,(H,40,41)/t17-/m0/s1. The van der Waals surface area contributed by atoms with Gasteiger partial charge in [-0.1, -0.05) is 23.7 Å². The van der Waals surface area contributed by atoms with Crippen molar-refractivity contribution in [3.8, 4) is 5.88 Å². The topological polar surface area (TPSA) is 116 Å². The highest BCUT2D eigenvalue weighted by Gasteiger charge is 2.28. The van der Waals surface area contributed by atoms with E-state index in [1.807, 2.05) is 10.6 Å². The molecule has 0 unspecified atom stereocenters. The Morgan fingerprint density at radius 1 is 1.24 bits per heavy atom. The predicted molar refractivity (Wildman–Crippen MR) is 159 cm³/mol. The van der Waals surface area contributed by atoms with Crippen LogP contribution in [-0.4, -0.2) is 61.3 Å². The third-order valence-electron chi connectivity index (χ3n) is 7.88. The van der Waals surface area contributed by atoms with Crippen LogP contribution in [0.5, 0.6) is 5.88 Å². The summed E-state index contributed by atoms with van der Waals surface area (Å²) in [7, 11) is 0. The van der Waals surface area contributed by atoms with Gasteiger partial charge in [0.25, 0.3) is 11.9 Å². The average Bonchev–Trinajstić information content (AvgIpc) is 3.64. The zero-order chi connectivity index (χ0) is 31.2. The summed E-state index contributed by atoms with van der Waals surface area (Å²) in [6.45, 7) is 2.53. The Morgan fingerprint density at radius 2 is 2.09 bits per heavy atom. The molecule has 7 rings (SSSR count). The number of halogens is 4. The molecule has 1 saturated heterocycles. The fourth-order valence-corrected chi connectivity index (χ4v) is 6.76. The number of nitrogens with zero attached hydrogens (tertiary/aromatic N) is 5. The van der Waals surface area contributed by atoms with Crippen molar-refractivity contribution in [3.63, 3.8) is 0 Å². The molecular weight excluding hydrogens is 635 g/mol. The van der Waals surface area contributed by atoms with Crippen molar-refractivity contribution in [1.29, 1.82) is 0 Å². The maximum Gasteiger partial charge on any atom is 0.308 e. The molecule has 0 bridgehead atoms. The summed E-state index contributed by atoms with van der Waals surface area (Å²) in [6, 6.07) is 3.59. The van der Waals surface area contributed by atoms with Gasteiger partial charge >= 0.3 is 5.97 Å². The van der Waals surface area contributed by atoms with Crippen molar-refractivity contribution >= 4 is 55.8 Å². The highest BCUT2D eigenvalue weighted by molar-refractivity contribution is 7.18. The second-order valence-electron chi connectivity index (χ2n) is 10.8. The number of fused-ring (bicyclic) bond motifs is 2. The minimum atomic E-state index is -1.10. The van der Waals surface area contributed by atoms with Crippen LogP contribution in [0.2, 0.25) is 5.02 Å². The molecule has 4 aromatic heterocycles. The van der Waals surface area contributed by atoms with E-state index in [-0.39, 0.29) is 29.1 Å². The van der Waals surface area contributed by atoms with Gasteiger partial charge in [0, 0.05) is 36.7 Å². The molecule has 0 spiro atoms. The van der Waals surface area contributed by atoms with Crippen molar-refractivity contribution in [2.75, 3.05) is 19.7 Å². The van der Waals surface area contributed by atoms with Crippen LogP contribution in [0.4, 0.5) is 13.2 Å². The molecule has 2 aliphatic heterocycles. The van der Waals surface area contributed by atoms with Crippen LogP contribution in [0.15, 0.2) is 34.9 Å². The maximum absolute atomic E-state index is 15.3. The monoisotopic (exact) mass is 659 g/mol. The van der Waals surface area contributed by atoms with Crippen molar-refractivity contribution in [2.24, 2.45) is 0 Å². The second-order valence-corrected chi connectivity index (χ2v) is 12.3. The lowest BCUT2D eigenvalue weighted by molar-refractivity contribution is -0.136. The van der Waals surface area contributed by atoms with Crippen LogP contribution in [0.1, 0.15) is 34.9 Å². The fourth-order valence-electron chi connectivity index (χ4n) is 5.49. The van der Waals surface area contributed by atoms with E-state index in [2.05, 4.69) is 19.9 Å². The minimum absolute atomic E-state index is 0.0470. The molecule has 0 amide bonds. The van der Waals surface area contributed by atoms with E-state index in [9.17, 15) is 13.6 Å². The molecule has 5 aromatic rings. The van der Waals surface area contributed by atoms with Gasteiger partial charge in [-0.3, -0.25) is 9.69 Å². The molecule has 45 heavy (non-hydrogen) atoms. The van der Waals surface area contributed by atoms with Gasteiger partial charge in [-0.05, 0) is 24.5 Å². The molecule has 2 aliphatic rings. The molecule has 1 N–H and O–H groups in total. The number of ether oxygens (including phenoxy) is 2. The van der Waals surface area contributed by atoms with E-state index in [0.29, 0.717) is 77.2 Å². The average molecular weight is 660 g/mol. The maximum atomic E-state index is 15.3. The molecule has 15 heteroatoms. The Morgan fingerprint density at radius 3 is 2.82 bits per heavy atom. The van der Waals surface area contributed by atoms with Gasteiger partial charge in [0.2, 0.25) is 5.82 Å². The number of hydrogen-bond donors (Lipinski definition) is 1. The highest BCUT2D eigenvalue weighted by Crippen LogP contribution is 2.34. The van der Waals surface area contributed by atoms with E-state index in [1.165, 1.54) is 6.07 Å². The number of hydrogen-bond acceptors (Lipinski definition) is 9. The summed E-state index contributed by atoms with van der Waals surface area (Å²) >= 11 is 7.18. The highest BCUT2D eigenvalue weighted by atomic mass is 35.5. The van der Waals surface area contributed by atoms with Crippen molar-refractivity contribution in [2.45, 2.75) is 45.1 Å². The Balaban J connectivity index is 1.06. The number of rotatable bonds is 10. The lowest BCUT2D eigenvalue weighted by atomic mass is 10.1. The second kappa shape index (κ2) is 12.1. The van der Waals surface area contributed by atoms with Gasteiger partial charge in [0.15, 0.2) is 11.6 Å². The van der Waals surface area contributed by atoms with Gasteiger partial charge in [0.1, 0.15) is 28.4 Å². The quantitative estimate of drug-likeness (QED) is 0.193. The van der Waals surface area contributed by atoms with Gasteiger partial charge in [0.05, 0.1) is 41.7 Å². The van der Waals surface area contributed by atoms with Crippen LogP contribution in [0.3, 0.4) is 0 Å². The molecule has 1 aromatic carbocycles. The van der Waals surface area contributed by atoms with Crippen LogP contribution in [0.25, 0.3) is 26.9 Å². The van der Waals surface area contributed by atoms with E-state index in [1.54, 1.807) is 12.1 Å². The van der Waals surface area contributed by atoms with Gasteiger partial charge in [-0.2, -0.15) is 13.8 Å². The number of imidazole rings is 1. The van der Waals surface area contributed by atoms with Crippen LogP contribution in [0, 0.1) is 17.6 Å². The van der Waals surface area contributed by atoms with E-state index < -0.39 is 30.0 Å². The van der Waals surface area contributed by atoms with Crippen LogP contribution < -0.4 is 4.74 Å². The van der Waals surface area contributed by atoms with Crippen LogP contribution >= 0.6 is 22.9 Å². The number of aromatic nitrogens is 4. The summed E-state index contributed by atoms with van der Waals surface area (Å²) in [4.78, 5) is 27.1. The first-order valence-corrected chi connectivity index (χ1v) is 15.4. The van der Waals surface area contributed by atoms with Crippen molar-refractivity contribution in [1.82, 2.24) is 24.4 Å². The van der Waals surface area contributed by atoms with Crippen molar-refractivity contribution in [3.05, 3.63) is 75.2 Å². The molecular formula is C30H25ClF3N5O5S. The first-order valence-electron chi connectivity index (χ1n) is 14.2. The lowest BCUT2D eigenvalue weighted by Gasteiger charge is -2.29. The number of carboxylic acid groups (broad SMARTS) is 1. The smallest absolute Gasteiger partial charge is 0.308 e. The number of carbonyl (C=O) groups is 1. The van der Waals surface area contributed by atoms with Gasteiger partial charge in [-0.25, -0.2) is 14.4 Å². The SMILES string of the molecule is O=C(O)Cc1sc2nc(CN3CC=C(c4ncc(F)c(OCc5ccc(Cl)c6cc(F)oc56)n4)CC3)n(C[C@@H]3CCO3)c2c1F. The summed E-state index contributed by atoms with van der Waals surface area (Å²) in [5.41, 5.74) is 1.83. The summed E-state index contributed by atoms with van der Waals surface area (Å²) in [6.07, 6.45) is 3.98. The number of carboxylic acids is 1. The summed E-state index contributed by atoms with van der Waals surface area (Å²) in [5.74, 6) is -1.63. The Labute approximate surface area is 262 Å². The molecule has 234 valence electrons. The number of benzene rings is 1. The molecule has 0 radical (unpaired) electrons. The number of furan rings is 1. The Kier molecular flexibility index (Phi) is 7.98. The molecule has 0 saturated carbocycles.